The average molecular weight is 313 g/mol. The second kappa shape index (κ2) is 5.00. The summed E-state index contributed by atoms with van der Waals surface area (Å²) in [5.74, 6) is -0.141. The van der Waals surface area contributed by atoms with Gasteiger partial charge in [-0.3, -0.25) is 14.3 Å². The van der Waals surface area contributed by atoms with Gasteiger partial charge in [0.1, 0.15) is 12.2 Å². The van der Waals surface area contributed by atoms with E-state index in [0.29, 0.717) is 0 Å². The molecule has 120 valence electrons. The Morgan fingerprint density at radius 2 is 2.36 bits per heavy atom. The molecule has 3 heterocycles. The number of aliphatic hydroxyl groups excluding tert-OH is 2. The van der Waals surface area contributed by atoms with Crippen LogP contribution in [-0.2, 0) is 10.5 Å². The Morgan fingerprint density at radius 3 is 2.95 bits per heavy atom. The second-order valence-electron chi connectivity index (χ2n) is 5.17. The zero-order valence-electron chi connectivity index (χ0n) is 11.7. The van der Waals surface area contributed by atoms with Crippen molar-refractivity contribution in [3.8, 4) is 0 Å². The molecule has 0 amide bonds. The Labute approximate surface area is 123 Å². The van der Waals surface area contributed by atoms with Crippen LogP contribution in [0.2, 0.25) is 0 Å². The van der Waals surface area contributed by atoms with Crippen LogP contribution in [0.4, 0.5) is 10.3 Å². The molecule has 0 aromatic carbocycles. The number of nitrogens with zero attached hydrogens (tertiary/aromatic N) is 3. The number of rotatable bonds is 3. The van der Waals surface area contributed by atoms with Crippen LogP contribution in [0.25, 0.3) is 11.2 Å². The fourth-order valence-electron chi connectivity index (χ4n) is 2.84. The first-order valence-corrected chi connectivity index (χ1v) is 6.78. The number of anilines is 1. The number of fused-ring (bicyclic) bond motifs is 1. The van der Waals surface area contributed by atoms with E-state index in [4.69, 9.17) is 10.5 Å². The lowest BCUT2D eigenvalue weighted by Crippen LogP contribution is -2.42. The Hall–Kier alpha value is -2.04. The molecule has 0 radical (unpaired) electrons. The second-order valence-corrected chi connectivity index (χ2v) is 5.17. The number of aromatic nitrogens is 4. The summed E-state index contributed by atoms with van der Waals surface area (Å²) in [6, 6.07) is 0. The first-order chi connectivity index (χ1) is 10.4. The Kier molecular flexibility index (Phi) is 3.38. The van der Waals surface area contributed by atoms with Gasteiger partial charge in [0.25, 0.3) is 5.56 Å². The first-order valence-electron chi connectivity index (χ1n) is 6.78. The highest BCUT2D eigenvalue weighted by atomic mass is 19.1. The molecule has 22 heavy (non-hydrogen) atoms. The number of nitrogens with one attached hydrogen (secondary N) is 1. The normalized spacial score (nSPS) is 31.9. The highest BCUT2D eigenvalue weighted by Gasteiger charge is 2.56. The molecule has 1 aliphatic rings. The summed E-state index contributed by atoms with van der Waals surface area (Å²) in [6.07, 6.45) is -3.06. The van der Waals surface area contributed by atoms with Crippen molar-refractivity contribution in [2.75, 3.05) is 12.3 Å². The Bertz CT molecular complexity index is 762. The van der Waals surface area contributed by atoms with E-state index in [1.165, 1.54) is 10.9 Å². The lowest BCUT2D eigenvalue weighted by atomic mass is 10.0. The minimum Gasteiger partial charge on any atom is -0.394 e. The molecule has 1 fully saturated rings. The average Bonchev–Trinajstić information content (AvgIpc) is 3.01. The molecule has 5 N–H and O–H groups in total. The number of hydrogen-bond acceptors (Lipinski definition) is 7. The van der Waals surface area contributed by atoms with E-state index in [1.54, 1.807) is 6.92 Å². The number of hydrogen-bond donors (Lipinski definition) is 4. The number of nitrogen functional groups attached to an aromatic ring is 1. The van der Waals surface area contributed by atoms with Gasteiger partial charge in [-0.15, -0.1) is 0 Å². The highest BCUT2D eigenvalue weighted by molar-refractivity contribution is 5.70. The van der Waals surface area contributed by atoms with Crippen LogP contribution in [0, 0.1) is 0 Å². The molecule has 4 atom stereocenters. The van der Waals surface area contributed by atoms with Crippen molar-refractivity contribution in [1.29, 1.82) is 0 Å². The van der Waals surface area contributed by atoms with Crippen molar-refractivity contribution >= 4 is 17.1 Å². The van der Waals surface area contributed by atoms with Crippen molar-refractivity contribution in [1.82, 2.24) is 19.5 Å². The minimum absolute atomic E-state index is 0.0141. The van der Waals surface area contributed by atoms with E-state index in [9.17, 15) is 19.4 Å². The van der Waals surface area contributed by atoms with E-state index in [-0.39, 0.29) is 23.5 Å². The van der Waals surface area contributed by atoms with Crippen molar-refractivity contribution < 1.29 is 19.3 Å². The monoisotopic (exact) mass is 313 g/mol. The van der Waals surface area contributed by atoms with E-state index >= 15 is 0 Å². The largest absolute Gasteiger partial charge is 0.394 e. The lowest BCUT2D eigenvalue weighted by Gasteiger charge is -2.31. The summed E-state index contributed by atoms with van der Waals surface area (Å²) in [4.78, 5) is 22.0. The van der Waals surface area contributed by atoms with Gasteiger partial charge in [0.2, 0.25) is 5.95 Å². The van der Waals surface area contributed by atoms with E-state index in [2.05, 4.69) is 15.0 Å². The molecular weight excluding hydrogens is 297 g/mol. The van der Waals surface area contributed by atoms with E-state index in [0.717, 1.165) is 0 Å². The van der Waals surface area contributed by atoms with Crippen LogP contribution in [0.3, 0.4) is 0 Å². The SMILES string of the molecule is CC[C@@]1(n2cnc3c(=O)[nH]c(N)nc32)O[C@H](CO)[C@@H](O)[C@H]1F. The van der Waals surface area contributed by atoms with Crippen LogP contribution in [0.15, 0.2) is 11.1 Å². The van der Waals surface area contributed by atoms with Crippen molar-refractivity contribution in [2.45, 2.75) is 37.4 Å². The van der Waals surface area contributed by atoms with Gasteiger partial charge in [0, 0.05) is 0 Å². The summed E-state index contributed by atoms with van der Waals surface area (Å²) in [7, 11) is 0. The van der Waals surface area contributed by atoms with Crippen LogP contribution >= 0.6 is 0 Å². The summed E-state index contributed by atoms with van der Waals surface area (Å²) in [6.45, 7) is 1.12. The number of halogens is 1. The van der Waals surface area contributed by atoms with Crippen molar-refractivity contribution in [3.05, 3.63) is 16.7 Å². The smallest absolute Gasteiger partial charge is 0.280 e. The molecule has 2 aromatic heterocycles. The molecule has 1 saturated heterocycles. The number of aliphatic hydroxyl groups is 2. The minimum atomic E-state index is -1.82. The first kappa shape index (κ1) is 14.9. The third-order valence-corrected chi connectivity index (χ3v) is 3.99. The van der Waals surface area contributed by atoms with Gasteiger partial charge in [-0.05, 0) is 6.42 Å². The number of imidazole rings is 1. The standard InChI is InChI=1S/C12H16FN5O4/c1-2-12(8(13)7(20)5(3-19)22-12)18-4-15-6-9(18)16-11(14)17-10(6)21/h4-5,7-8,19-20H,2-3H2,1H3,(H3,14,16,17,21)/t5-,7-,8-,12-/m1/s1. The molecule has 1 aliphatic heterocycles. The molecule has 0 aliphatic carbocycles. The van der Waals surface area contributed by atoms with Gasteiger partial charge in [-0.2, -0.15) is 4.98 Å². The molecule has 0 bridgehead atoms. The maximum atomic E-state index is 14.7. The van der Waals surface area contributed by atoms with Crippen LogP contribution in [0.5, 0.6) is 0 Å². The summed E-state index contributed by atoms with van der Waals surface area (Å²) >= 11 is 0. The molecule has 2 aromatic rings. The van der Waals surface area contributed by atoms with Gasteiger partial charge in [0.15, 0.2) is 23.1 Å². The van der Waals surface area contributed by atoms with Gasteiger partial charge < -0.3 is 20.7 Å². The fourth-order valence-corrected chi connectivity index (χ4v) is 2.84. The molecule has 0 spiro atoms. The van der Waals surface area contributed by atoms with Crippen LogP contribution in [-0.4, -0.2) is 54.7 Å². The number of H-pyrrole nitrogens is 1. The zero-order chi connectivity index (χ0) is 16.1. The van der Waals surface area contributed by atoms with Crippen LogP contribution < -0.4 is 11.3 Å². The number of aromatic amines is 1. The predicted octanol–water partition coefficient (Wildman–Crippen LogP) is -1.15. The molecule has 9 nitrogen and oxygen atoms in total. The quantitative estimate of drug-likeness (QED) is 0.561. The molecule has 10 heteroatoms. The topological polar surface area (TPSA) is 139 Å². The van der Waals surface area contributed by atoms with Crippen LogP contribution in [0.1, 0.15) is 13.3 Å². The molecule has 0 saturated carbocycles. The predicted molar refractivity (Wildman–Crippen MR) is 73.7 cm³/mol. The van der Waals surface area contributed by atoms with Gasteiger partial charge in [-0.1, -0.05) is 6.92 Å². The maximum Gasteiger partial charge on any atom is 0.280 e. The summed E-state index contributed by atoms with van der Waals surface area (Å²) in [5.41, 5.74) is 3.39. The van der Waals surface area contributed by atoms with Gasteiger partial charge in [-0.25, -0.2) is 9.37 Å². The fraction of sp³-hybridized carbons (Fsp3) is 0.583. The Balaban J connectivity index is 2.22. The van der Waals surface area contributed by atoms with Crippen molar-refractivity contribution in [2.24, 2.45) is 0 Å². The highest BCUT2D eigenvalue weighted by Crippen LogP contribution is 2.41. The third-order valence-electron chi connectivity index (χ3n) is 3.99. The lowest BCUT2D eigenvalue weighted by molar-refractivity contribution is -0.133. The van der Waals surface area contributed by atoms with E-state index < -0.39 is 36.3 Å². The summed E-state index contributed by atoms with van der Waals surface area (Å²) in [5, 5.41) is 19.1. The number of nitrogens with two attached hydrogens (primary N) is 1. The molecular formula is C12H16FN5O4. The Morgan fingerprint density at radius 1 is 1.64 bits per heavy atom. The molecule has 0 unspecified atom stereocenters. The molecule has 3 rings (SSSR count). The van der Waals surface area contributed by atoms with Crippen molar-refractivity contribution in [3.63, 3.8) is 0 Å². The van der Waals surface area contributed by atoms with E-state index in [1.807, 2.05) is 0 Å². The third kappa shape index (κ3) is 1.84. The zero-order valence-corrected chi connectivity index (χ0v) is 11.7. The summed E-state index contributed by atoms with van der Waals surface area (Å²) < 4.78 is 21.5. The number of alkyl halides is 1. The van der Waals surface area contributed by atoms with Gasteiger partial charge >= 0.3 is 0 Å². The van der Waals surface area contributed by atoms with Gasteiger partial charge in [0.05, 0.1) is 12.9 Å². The maximum absolute atomic E-state index is 14.7. The number of ether oxygens (including phenoxy) is 1.